The second-order valence-corrected chi connectivity index (χ2v) is 6.33. The molecule has 0 radical (unpaired) electrons. The van der Waals surface area contributed by atoms with Gasteiger partial charge in [0.1, 0.15) is 0 Å². The van der Waals surface area contributed by atoms with Crippen LogP contribution in [0.3, 0.4) is 0 Å². The average Bonchev–Trinajstić information content (AvgIpc) is 2.55. The lowest BCUT2D eigenvalue weighted by molar-refractivity contribution is 0.740. The highest BCUT2D eigenvalue weighted by molar-refractivity contribution is 6.12. The molecule has 0 amide bonds. The van der Waals surface area contributed by atoms with Crippen molar-refractivity contribution in [3.63, 3.8) is 0 Å². The lowest BCUT2D eigenvalue weighted by Crippen LogP contribution is -1.97. The van der Waals surface area contributed by atoms with E-state index in [9.17, 15) is 0 Å². The summed E-state index contributed by atoms with van der Waals surface area (Å²) in [5.41, 5.74) is 4.13. The molecule has 4 rings (SSSR count). The van der Waals surface area contributed by atoms with Crippen molar-refractivity contribution in [2.75, 3.05) is 0 Å². The molecule has 0 saturated carbocycles. The van der Waals surface area contributed by atoms with Crippen LogP contribution in [0.1, 0.15) is 24.5 Å². The van der Waals surface area contributed by atoms with Gasteiger partial charge in [0.25, 0.3) is 0 Å². The minimum absolute atomic E-state index is 0.610. The number of fused-ring (bicyclic) bond motifs is 2. The van der Waals surface area contributed by atoms with Crippen LogP contribution in [0.15, 0.2) is 66.8 Å². The van der Waals surface area contributed by atoms with Gasteiger partial charge in [0.05, 0.1) is 0 Å². The number of hydrogen-bond acceptors (Lipinski definition) is 0. The molecule has 22 heavy (non-hydrogen) atoms. The number of hydrogen-bond donors (Lipinski definition) is 0. The van der Waals surface area contributed by atoms with Crippen LogP contribution < -0.4 is 0 Å². The van der Waals surface area contributed by atoms with E-state index >= 15 is 0 Å². The molecular formula is C22H20. The minimum Gasteiger partial charge on any atom is -0.0834 e. The van der Waals surface area contributed by atoms with Crippen LogP contribution in [0, 0.1) is 12.8 Å². The van der Waals surface area contributed by atoms with Crippen LogP contribution in [0.25, 0.3) is 27.1 Å². The summed E-state index contributed by atoms with van der Waals surface area (Å²) in [6, 6.07) is 17.6. The van der Waals surface area contributed by atoms with Crippen LogP contribution in [0.4, 0.5) is 0 Å². The standard InChI is InChI=1S/C22H20/c1-15-8-7-9-17(14-15)22-20-12-5-3-10-18(20)16(2)19-11-4-6-13-21(19)22/h3-7,9-15H,8H2,1-2H3. The van der Waals surface area contributed by atoms with E-state index in [1.165, 1.54) is 38.2 Å². The topological polar surface area (TPSA) is 0 Å². The van der Waals surface area contributed by atoms with Gasteiger partial charge in [0, 0.05) is 0 Å². The van der Waals surface area contributed by atoms with Gasteiger partial charge in [-0.25, -0.2) is 0 Å². The SMILES string of the molecule is Cc1c2ccccc2c(C2=CC(C)CC=C2)c2ccccc12. The largest absolute Gasteiger partial charge is 0.0834 e. The highest BCUT2D eigenvalue weighted by Crippen LogP contribution is 2.38. The van der Waals surface area contributed by atoms with Crippen LogP contribution >= 0.6 is 0 Å². The summed E-state index contributed by atoms with van der Waals surface area (Å²) in [5, 5.41) is 5.46. The van der Waals surface area contributed by atoms with Crippen molar-refractivity contribution in [2.45, 2.75) is 20.3 Å². The van der Waals surface area contributed by atoms with Gasteiger partial charge in [-0.3, -0.25) is 0 Å². The molecule has 0 heteroatoms. The van der Waals surface area contributed by atoms with Crippen LogP contribution in [-0.4, -0.2) is 0 Å². The fourth-order valence-corrected chi connectivity index (χ4v) is 3.66. The fourth-order valence-electron chi connectivity index (χ4n) is 3.66. The summed E-state index contributed by atoms with van der Waals surface area (Å²) >= 11 is 0. The van der Waals surface area contributed by atoms with E-state index in [0.717, 1.165) is 6.42 Å². The molecule has 108 valence electrons. The third-order valence-corrected chi connectivity index (χ3v) is 4.76. The van der Waals surface area contributed by atoms with Gasteiger partial charge in [-0.05, 0) is 57.5 Å². The Bertz CT molecular complexity index is 868. The third kappa shape index (κ3) is 1.99. The minimum atomic E-state index is 0.610. The van der Waals surface area contributed by atoms with Gasteiger partial charge < -0.3 is 0 Å². The van der Waals surface area contributed by atoms with E-state index in [2.05, 4.69) is 80.6 Å². The van der Waals surface area contributed by atoms with E-state index in [0.29, 0.717) is 5.92 Å². The molecule has 1 unspecified atom stereocenters. The first-order valence-corrected chi connectivity index (χ1v) is 8.04. The molecule has 0 aromatic heterocycles. The highest BCUT2D eigenvalue weighted by Gasteiger charge is 2.15. The molecule has 0 spiro atoms. The fraction of sp³-hybridized carbons (Fsp3) is 0.182. The first-order chi connectivity index (χ1) is 10.8. The van der Waals surface area contributed by atoms with Gasteiger partial charge in [-0.2, -0.15) is 0 Å². The Morgan fingerprint density at radius 2 is 1.36 bits per heavy atom. The van der Waals surface area contributed by atoms with E-state index < -0.39 is 0 Å². The monoisotopic (exact) mass is 284 g/mol. The summed E-state index contributed by atoms with van der Waals surface area (Å²) in [7, 11) is 0. The summed E-state index contributed by atoms with van der Waals surface area (Å²) in [5.74, 6) is 0.610. The van der Waals surface area contributed by atoms with Gasteiger partial charge in [-0.1, -0.05) is 73.7 Å². The van der Waals surface area contributed by atoms with Crippen LogP contribution in [-0.2, 0) is 0 Å². The Morgan fingerprint density at radius 3 is 1.91 bits per heavy atom. The van der Waals surface area contributed by atoms with Gasteiger partial charge in [0.2, 0.25) is 0 Å². The van der Waals surface area contributed by atoms with Crippen molar-refractivity contribution in [1.29, 1.82) is 0 Å². The molecule has 0 N–H and O–H groups in total. The molecule has 0 bridgehead atoms. The molecule has 0 nitrogen and oxygen atoms in total. The zero-order valence-corrected chi connectivity index (χ0v) is 13.1. The molecule has 1 aliphatic carbocycles. The molecule has 1 aliphatic rings. The number of allylic oxidation sites excluding steroid dienone is 4. The average molecular weight is 284 g/mol. The van der Waals surface area contributed by atoms with Gasteiger partial charge in [-0.15, -0.1) is 0 Å². The van der Waals surface area contributed by atoms with E-state index in [4.69, 9.17) is 0 Å². The molecule has 1 atom stereocenters. The Labute approximate surface area is 131 Å². The van der Waals surface area contributed by atoms with Crippen molar-refractivity contribution in [3.8, 4) is 0 Å². The maximum Gasteiger partial charge on any atom is -0.00298 e. The Hall–Kier alpha value is -2.34. The normalized spacial score (nSPS) is 17.9. The van der Waals surface area contributed by atoms with Crippen LogP contribution in [0.5, 0.6) is 0 Å². The Kier molecular flexibility index (Phi) is 3.11. The first kappa shape index (κ1) is 13.3. The Balaban J connectivity index is 2.19. The van der Waals surface area contributed by atoms with E-state index in [-0.39, 0.29) is 0 Å². The highest BCUT2D eigenvalue weighted by atomic mass is 14.2. The number of benzene rings is 3. The second-order valence-electron chi connectivity index (χ2n) is 6.33. The van der Waals surface area contributed by atoms with E-state index in [1.807, 2.05) is 0 Å². The molecule has 3 aromatic rings. The summed E-state index contributed by atoms with van der Waals surface area (Å²) in [6.07, 6.45) is 8.17. The molecule has 3 aromatic carbocycles. The number of aryl methyl sites for hydroxylation is 1. The quantitative estimate of drug-likeness (QED) is 0.461. The Morgan fingerprint density at radius 1 is 0.818 bits per heavy atom. The zero-order valence-electron chi connectivity index (χ0n) is 13.1. The second kappa shape index (κ2) is 5.14. The lowest BCUT2D eigenvalue weighted by Gasteiger charge is -2.18. The third-order valence-electron chi connectivity index (χ3n) is 4.76. The van der Waals surface area contributed by atoms with Gasteiger partial charge >= 0.3 is 0 Å². The summed E-state index contributed by atoms with van der Waals surface area (Å²) in [4.78, 5) is 0. The first-order valence-electron chi connectivity index (χ1n) is 8.04. The summed E-state index contributed by atoms with van der Waals surface area (Å²) in [6.45, 7) is 4.53. The van der Waals surface area contributed by atoms with Crippen molar-refractivity contribution in [2.24, 2.45) is 5.92 Å². The van der Waals surface area contributed by atoms with Crippen molar-refractivity contribution in [3.05, 3.63) is 77.9 Å². The predicted octanol–water partition coefficient (Wildman–Crippen LogP) is 6.28. The van der Waals surface area contributed by atoms with Crippen LogP contribution in [0.2, 0.25) is 0 Å². The number of rotatable bonds is 1. The maximum absolute atomic E-state index is 2.42. The lowest BCUT2D eigenvalue weighted by atomic mass is 9.85. The van der Waals surface area contributed by atoms with Crippen molar-refractivity contribution in [1.82, 2.24) is 0 Å². The summed E-state index contributed by atoms with van der Waals surface area (Å²) < 4.78 is 0. The molecule has 0 fully saturated rings. The zero-order chi connectivity index (χ0) is 15.1. The van der Waals surface area contributed by atoms with E-state index in [1.54, 1.807) is 0 Å². The molecule has 0 aliphatic heterocycles. The molecule has 0 heterocycles. The molecular weight excluding hydrogens is 264 g/mol. The van der Waals surface area contributed by atoms with Crippen molar-refractivity contribution >= 4 is 27.1 Å². The van der Waals surface area contributed by atoms with Crippen molar-refractivity contribution < 1.29 is 0 Å². The maximum atomic E-state index is 2.42. The molecule has 0 saturated heterocycles. The predicted molar refractivity (Wildman–Crippen MR) is 97.1 cm³/mol. The van der Waals surface area contributed by atoms with Gasteiger partial charge in [0.15, 0.2) is 0 Å². The smallest absolute Gasteiger partial charge is 0.00298 e.